The van der Waals surface area contributed by atoms with Crippen LogP contribution >= 0.6 is 15.9 Å². The fourth-order valence-corrected chi connectivity index (χ4v) is 3.10. The molecular formula is C18H17BrN2O2. The molecule has 0 amide bonds. The number of benzene rings is 2. The van der Waals surface area contributed by atoms with E-state index in [1.165, 1.54) is 0 Å². The van der Waals surface area contributed by atoms with Crippen molar-refractivity contribution in [2.24, 2.45) is 0 Å². The Labute approximate surface area is 142 Å². The monoisotopic (exact) mass is 372 g/mol. The van der Waals surface area contributed by atoms with Crippen LogP contribution in [0.4, 0.5) is 0 Å². The van der Waals surface area contributed by atoms with E-state index in [2.05, 4.69) is 26.2 Å². The number of carboxylic acids is 1. The smallest absolute Gasteiger partial charge is 0.321 e. The van der Waals surface area contributed by atoms with Gasteiger partial charge in [0.1, 0.15) is 6.04 Å². The summed E-state index contributed by atoms with van der Waals surface area (Å²) >= 11 is 3.43. The molecule has 0 saturated carbocycles. The van der Waals surface area contributed by atoms with Crippen LogP contribution < -0.4 is 5.32 Å². The number of carbonyl (C=O) groups is 1. The summed E-state index contributed by atoms with van der Waals surface area (Å²) in [5.41, 5.74) is 3.08. The predicted molar refractivity (Wildman–Crippen MR) is 94.4 cm³/mol. The predicted octanol–water partition coefficient (Wildman–Crippen LogP) is 3.72. The molecule has 1 heterocycles. The van der Waals surface area contributed by atoms with Crippen LogP contribution in [0.1, 0.15) is 11.1 Å². The van der Waals surface area contributed by atoms with Gasteiger partial charge >= 0.3 is 5.97 Å². The summed E-state index contributed by atoms with van der Waals surface area (Å²) in [7, 11) is 0. The van der Waals surface area contributed by atoms with Crippen molar-refractivity contribution >= 4 is 32.8 Å². The second kappa shape index (κ2) is 6.98. The first-order chi connectivity index (χ1) is 11.1. The Morgan fingerprint density at radius 1 is 1.22 bits per heavy atom. The average molecular weight is 373 g/mol. The topological polar surface area (TPSA) is 65.1 Å². The summed E-state index contributed by atoms with van der Waals surface area (Å²) in [6, 6.07) is 15.1. The van der Waals surface area contributed by atoms with Gasteiger partial charge in [-0.1, -0.05) is 46.3 Å². The van der Waals surface area contributed by atoms with Gasteiger partial charge in [-0.2, -0.15) is 0 Å². The quantitative estimate of drug-likeness (QED) is 0.617. The van der Waals surface area contributed by atoms with E-state index in [4.69, 9.17) is 0 Å². The third-order valence-electron chi connectivity index (χ3n) is 3.84. The molecule has 3 N–H and O–H groups in total. The summed E-state index contributed by atoms with van der Waals surface area (Å²) in [6.07, 6.45) is 2.33. The molecule has 3 aromatic rings. The zero-order valence-electron chi connectivity index (χ0n) is 12.4. The van der Waals surface area contributed by atoms with Crippen LogP contribution in [0.2, 0.25) is 0 Å². The van der Waals surface area contributed by atoms with E-state index in [0.717, 1.165) is 26.5 Å². The number of H-pyrrole nitrogens is 1. The first kappa shape index (κ1) is 15.8. The van der Waals surface area contributed by atoms with Gasteiger partial charge in [0.05, 0.1) is 0 Å². The molecule has 0 aliphatic heterocycles. The summed E-state index contributed by atoms with van der Waals surface area (Å²) in [6.45, 7) is 0.513. The number of halogens is 1. The number of nitrogens with one attached hydrogen (secondary N) is 2. The lowest BCUT2D eigenvalue weighted by atomic mass is 10.0. The molecule has 1 atom stereocenters. The van der Waals surface area contributed by atoms with Crippen molar-refractivity contribution in [1.82, 2.24) is 10.3 Å². The molecule has 0 unspecified atom stereocenters. The van der Waals surface area contributed by atoms with Crippen LogP contribution in [0.25, 0.3) is 10.9 Å². The molecule has 23 heavy (non-hydrogen) atoms. The van der Waals surface area contributed by atoms with Crippen molar-refractivity contribution in [2.75, 3.05) is 0 Å². The van der Waals surface area contributed by atoms with Crippen molar-refractivity contribution in [2.45, 2.75) is 19.0 Å². The van der Waals surface area contributed by atoms with Crippen molar-refractivity contribution in [3.05, 3.63) is 70.3 Å². The number of rotatable bonds is 6. The highest BCUT2D eigenvalue weighted by atomic mass is 79.9. The molecule has 3 rings (SSSR count). The summed E-state index contributed by atoms with van der Waals surface area (Å²) in [5.74, 6) is -0.842. The summed E-state index contributed by atoms with van der Waals surface area (Å²) < 4.78 is 0.986. The number of hydrogen-bond donors (Lipinski definition) is 3. The van der Waals surface area contributed by atoms with E-state index in [1.807, 2.05) is 54.7 Å². The van der Waals surface area contributed by atoms with Crippen molar-refractivity contribution < 1.29 is 9.90 Å². The summed E-state index contributed by atoms with van der Waals surface area (Å²) in [4.78, 5) is 14.8. The maximum Gasteiger partial charge on any atom is 0.321 e. The zero-order chi connectivity index (χ0) is 16.2. The van der Waals surface area contributed by atoms with Crippen LogP contribution in [0.3, 0.4) is 0 Å². The SMILES string of the molecule is O=C(O)[C@H](Cc1c[nH]c2ccccc12)NCc1cccc(Br)c1. The minimum Gasteiger partial charge on any atom is -0.480 e. The number of carboxylic acid groups (broad SMARTS) is 1. The molecule has 0 aliphatic rings. The van der Waals surface area contributed by atoms with Crippen LogP contribution in [0.15, 0.2) is 59.2 Å². The van der Waals surface area contributed by atoms with Gasteiger partial charge in [0, 0.05) is 34.5 Å². The standard InChI is InChI=1S/C18H17BrN2O2/c19-14-5-3-4-12(8-14)10-20-17(18(22)23)9-13-11-21-16-7-2-1-6-15(13)16/h1-8,11,17,20-21H,9-10H2,(H,22,23)/t17-/m0/s1. The number of aromatic amines is 1. The first-order valence-electron chi connectivity index (χ1n) is 7.39. The van der Waals surface area contributed by atoms with Crippen molar-refractivity contribution in [1.29, 1.82) is 0 Å². The van der Waals surface area contributed by atoms with Crippen LogP contribution in [-0.2, 0) is 17.8 Å². The molecule has 0 fully saturated rings. The van der Waals surface area contributed by atoms with Gasteiger partial charge in [-0.05, 0) is 29.3 Å². The Hall–Kier alpha value is -2.11. The van der Waals surface area contributed by atoms with Gasteiger partial charge in [-0.25, -0.2) is 0 Å². The minimum absolute atomic E-state index is 0.438. The normalized spacial score (nSPS) is 12.4. The Kier molecular flexibility index (Phi) is 4.79. The second-order valence-corrected chi connectivity index (χ2v) is 6.38. The molecule has 0 aliphatic carbocycles. The summed E-state index contributed by atoms with van der Waals surface area (Å²) in [5, 5.41) is 13.7. The highest BCUT2D eigenvalue weighted by Crippen LogP contribution is 2.19. The van der Waals surface area contributed by atoms with E-state index in [-0.39, 0.29) is 0 Å². The van der Waals surface area contributed by atoms with Crippen LogP contribution in [-0.4, -0.2) is 22.1 Å². The van der Waals surface area contributed by atoms with Crippen molar-refractivity contribution in [3.8, 4) is 0 Å². The lowest BCUT2D eigenvalue weighted by molar-refractivity contribution is -0.139. The Morgan fingerprint density at radius 3 is 2.83 bits per heavy atom. The third kappa shape index (κ3) is 3.81. The molecule has 5 heteroatoms. The van der Waals surface area contributed by atoms with E-state index >= 15 is 0 Å². The Balaban J connectivity index is 1.73. The fourth-order valence-electron chi connectivity index (χ4n) is 2.66. The average Bonchev–Trinajstić information content (AvgIpc) is 2.94. The molecule has 118 valence electrons. The highest BCUT2D eigenvalue weighted by molar-refractivity contribution is 9.10. The number of fused-ring (bicyclic) bond motifs is 1. The molecule has 0 saturated heterocycles. The van der Waals surface area contributed by atoms with Gasteiger partial charge in [0.2, 0.25) is 0 Å². The van der Waals surface area contributed by atoms with Gasteiger partial charge in [0.25, 0.3) is 0 Å². The largest absolute Gasteiger partial charge is 0.480 e. The van der Waals surface area contributed by atoms with Crippen LogP contribution in [0.5, 0.6) is 0 Å². The molecule has 0 radical (unpaired) electrons. The number of hydrogen-bond acceptors (Lipinski definition) is 2. The molecule has 0 bridgehead atoms. The first-order valence-corrected chi connectivity index (χ1v) is 8.18. The maximum atomic E-state index is 11.6. The number of para-hydroxylation sites is 1. The van der Waals surface area contributed by atoms with Crippen molar-refractivity contribution in [3.63, 3.8) is 0 Å². The minimum atomic E-state index is -0.842. The molecule has 4 nitrogen and oxygen atoms in total. The maximum absolute atomic E-state index is 11.6. The fraction of sp³-hybridized carbons (Fsp3) is 0.167. The van der Waals surface area contributed by atoms with Crippen LogP contribution in [0, 0.1) is 0 Å². The van der Waals surface area contributed by atoms with E-state index in [9.17, 15) is 9.90 Å². The van der Waals surface area contributed by atoms with Gasteiger partial charge < -0.3 is 15.4 Å². The highest BCUT2D eigenvalue weighted by Gasteiger charge is 2.19. The molecular weight excluding hydrogens is 356 g/mol. The Bertz CT molecular complexity index is 829. The van der Waals surface area contributed by atoms with Gasteiger partial charge in [-0.3, -0.25) is 4.79 Å². The Morgan fingerprint density at radius 2 is 2.04 bits per heavy atom. The number of aliphatic carboxylic acids is 1. The van der Waals surface area contributed by atoms with Gasteiger partial charge in [0.15, 0.2) is 0 Å². The third-order valence-corrected chi connectivity index (χ3v) is 4.33. The number of aromatic nitrogens is 1. The van der Waals surface area contributed by atoms with Gasteiger partial charge in [-0.15, -0.1) is 0 Å². The molecule has 1 aromatic heterocycles. The zero-order valence-corrected chi connectivity index (χ0v) is 14.0. The second-order valence-electron chi connectivity index (χ2n) is 5.47. The lowest BCUT2D eigenvalue weighted by Crippen LogP contribution is -2.38. The molecule has 0 spiro atoms. The van der Waals surface area contributed by atoms with E-state index in [0.29, 0.717) is 13.0 Å². The van der Waals surface area contributed by atoms with E-state index in [1.54, 1.807) is 0 Å². The van der Waals surface area contributed by atoms with E-state index < -0.39 is 12.0 Å². The molecule has 2 aromatic carbocycles. The lowest BCUT2D eigenvalue weighted by Gasteiger charge is -2.14.